The van der Waals surface area contributed by atoms with Crippen LogP contribution >= 0.6 is 0 Å². The van der Waals surface area contributed by atoms with E-state index in [1.807, 2.05) is 28.0 Å². The lowest BCUT2D eigenvalue weighted by Crippen LogP contribution is -2.52. The van der Waals surface area contributed by atoms with E-state index >= 15 is 0 Å². The second-order valence-electron chi connectivity index (χ2n) is 7.96. The lowest BCUT2D eigenvalue weighted by molar-refractivity contribution is -0.135. The molecule has 5 nitrogen and oxygen atoms in total. The Labute approximate surface area is 166 Å². The highest BCUT2D eigenvalue weighted by Gasteiger charge is 2.24. The van der Waals surface area contributed by atoms with Gasteiger partial charge in [-0.2, -0.15) is 0 Å². The molecule has 2 aromatic rings. The molecule has 0 radical (unpaired) electrons. The summed E-state index contributed by atoms with van der Waals surface area (Å²) in [5.41, 5.74) is 1.06. The Balaban J connectivity index is 1.26. The first-order valence-electron chi connectivity index (χ1n) is 10.4. The van der Waals surface area contributed by atoms with Gasteiger partial charge in [0.2, 0.25) is 11.8 Å². The van der Waals surface area contributed by atoms with E-state index in [1.165, 1.54) is 17.2 Å². The predicted molar refractivity (Wildman–Crippen MR) is 111 cm³/mol. The monoisotopic (exact) mass is 379 g/mol. The van der Waals surface area contributed by atoms with Crippen LogP contribution in [0.4, 0.5) is 0 Å². The topological polar surface area (TPSA) is 43.9 Å². The average molecular weight is 380 g/mol. The summed E-state index contributed by atoms with van der Waals surface area (Å²) in [6.07, 6.45) is 3.94. The molecule has 0 atom stereocenters. The molecule has 2 saturated heterocycles. The van der Waals surface area contributed by atoms with Crippen LogP contribution in [0.5, 0.6) is 0 Å². The normalized spacial score (nSPS) is 18.4. The fourth-order valence-corrected chi connectivity index (χ4v) is 4.23. The molecule has 5 heteroatoms. The van der Waals surface area contributed by atoms with E-state index in [-0.39, 0.29) is 11.8 Å². The van der Waals surface area contributed by atoms with Crippen LogP contribution in [0.3, 0.4) is 0 Å². The Hall–Kier alpha value is -2.40. The van der Waals surface area contributed by atoms with Gasteiger partial charge in [-0.05, 0) is 35.6 Å². The van der Waals surface area contributed by atoms with Crippen molar-refractivity contribution in [2.24, 2.45) is 0 Å². The summed E-state index contributed by atoms with van der Waals surface area (Å²) >= 11 is 0. The Bertz CT molecular complexity index is 837. The van der Waals surface area contributed by atoms with Crippen molar-refractivity contribution in [3.63, 3.8) is 0 Å². The van der Waals surface area contributed by atoms with Crippen molar-refractivity contribution in [1.29, 1.82) is 0 Å². The van der Waals surface area contributed by atoms with Gasteiger partial charge in [0.25, 0.3) is 0 Å². The van der Waals surface area contributed by atoms with Gasteiger partial charge in [-0.15, -0.1) is 0 Å². The third-order valence-electron chi connectivity index (χ3n) is 5.96. The third kappa shape index (κ3) is 4.53. The van der Waals surface area contributed by atoms with Gasteiger partial charge in [-0.1, -0.05) is 42.5 Å². The zero-order valence-electron chi connectivity index (χ0n) is 16.5. The predicted octanol–water partition coefficient (Wildman–Crippen LogP) is 2.54. The standard InChI is InChI=1S/C23H29N3O2/c27-22(17-19-8-9-20-6-2-3-7-21(20)16-19)26-14-12-24(13-15-26)18-23(28)25-10-4-1-5-11-25/h2-3,6-9,16H,1,4-5,10-15,17-18H2. The van der Waals surface area contributed by atoms with E-state index in [9.17, 15) is 9.59 Å². The average Bonchev–Trinajstić information content (AvgIpc) is 2.75. The van der Waals surface area contributed by atoms with Crippen molar-refractivity contribution in [3.8, 4) is 0 Å². The van der Waals surface area contributed by atoms with Crippen molar-refractivity contribution in [1.82, 2.24) is 14.7 Å². The summed E-state index contributed by atoms with van der Waals surface area (Å²) in [5, 5.41) is 2.37. The van der Waals surface area contributed by atoms with Gasteiger partial charge in [0.15, 0.2) is 0 Å². The molecule has 2 aromatic carbocycles. The molecule has 0 aromatic heterocycles. The number of hydrogen-bond acceptors (Lipinski definition) is 3. The number of rotatable bonds is 4. The van der Waals surface area contributed by atoms with E-state index < -0.39 is 0 Å². The third-order valence-corrected chi connectivity index (χ3v) is 5.96. The molecule has 0 unspecified atom stereocenters. The molecular formula is C23H29N3O2. The van der Waals surface area contributed by atoms with Gasteiger partial charge in [-0.25, -0.2) is 0 Å². The van der Waals surface area contributed by atoms with Crippen molar-refractivity contribution in [2.45, 2.75) is 25.7 Å². The van der Waals surface area contributed by atoms with Gasteiger partial charge in [0.05, 0.1) is 13.0 Å². The summed E-state index contributed by atoms with van der Waals surface area (Å²) < 4.78 is 0. The van der Waals surface area contributed by atoms with E-state index in [2.05, 4.69) is 29.2 Å². The van der Waals surface area contributed by atoms with Crippen LogP contribution in [-0.4, -0.2) is 72.3 Å². The summed E-state index contributed by atoms with van der Waals surface area (Å²) in [6, 6.07) is 14.5. The van der Waals surface area contributed by atoms with Crippen LogP contribution in [0.2, 0.25) is 0 Å². The largest absolute Gasteiger partial charge is 0.342 e. The fourth-order valence-electron chi connectivity index (χ4n) is 4.23. The molecule has 2 aliphatic heterocycles. The zero-order chi connectivity index (χ0) is 19.3. The van der Waals surface area contributed by atoms with Crippen molar-refractivity contribution in [3.05, 3.63) is 48.0 Å². The number of carbonyl (C=O) groups is 2. The lowest BCUT2D eigenvalue weighted by Gasteiger charge is -2.36. The van der Waals surface area contributed by atoms with Crippen LogP contribution in [-0.2, 0) is 16.0 Å². The van der Waals surface area contributed by atoms with Crippen LogP contribution in [0.1, 0.15) is 24.8 Å². The molecule has 0 spiro atoms. The van der Waals surface area contributed by atoms with E-state index in [1.54, 1.807) is 0 Å². The summed E-state index contributed by atoms with van der Waals surface area (Å²) in [6.45, 7) is 5.28. The highest BCUT2D eigenvalue weighted by atomic mass is 16.2. The Morgan fingerprint density at radius 1 is 0.714 bits per heavy atom. The van der Waals surface area contributed by atoms with Crippen LogP contribution < -0.4 is 0 Å². The number of piperazine rings is 1. The highest BCUT2D eigenvalue weighted by molar-refractivity contribution is 5.85. The smallest absolute Gasteiger partial charge is 0.236 e. The second kappa shape index (κ2) is 8.74. The molecule has 2 fully saturated rings. The molecule has 2 aliphatic rings. The number of nitrogens with zero attached hydrogens (tertiary/aromatic N) is 3. The minimum atomic E-state index is 0.178. The Kier molecular flexibility index (Phi) is 5.91. The number of likely N-dealkylation sites (tertiary alicyclic amines) is 1. The van der Waals surface area contributed by atoms with E-state index in [4.69, 9.17) is 0 Å². The van der Waals surface area contributed by atoms with Gasteiger partial charge in [-0.3, -0.25) is 14.5 Å². The second-order valence-corrected chi connectivity index (χ2v) is 7.96. The van der Waals surface area contributed by atoms with Gasteiger partial charge in [0.1, 0.15) is 0 Å². The van der Waals surface area contributed by atoms with E-state index in [0.717, 1.165) is 44.6 Å². The lowest BCUT2D eigenvalue weighted by atomic mass is 10.0. The van der Waals surface area contributed by atoms with Gasteiger partial charge in [0, 0.05) is 39.3 Å². The van der Waals surface area contributed by atoms with Crippen LogP contribution in [0.25, 0.3) is 10.8 Å². The number of amides is 2. The molecule has 0 bridgehead atoms. The van der Waals surface area contributed by atoms with Crippen LogP contribution in [0, 0.1) is 0 Å². The zero-order valence-corrected chi connectivity index (χ0v) is 16.5. The first-order valence-corrected chi connectivity index (χ1v) is 10.4. The van der Waals surface area contributed by atoms with Gasteiger partial charge < -0.3 is 9.80 Å². The molecule has 148 valence electrons. The molecule has 2 heterocycles. The summed E-state index contributed by atoms with van der Waals surface area (Å²) in [7, 11) is 0. The number of benzene rings is 2. The number of piperidine rings is 1. The Morgan fingerprint density at radius 2 is 1.39 bits per heavy atom. The van der Waals surface area contributed by atoms with Crippen LogP contribution in [0.15, 0.2) is 42.5 Å². The minimum Gasteiger partial charge on any atom is -0.342 e. The fraction of sp³-hybridized carbons (Fsp3) is 0.478. The summed E-state index contributed by atoms with van der Waals surface area (Å²) in [4.78, 5) is 31.3. The Morgan fingerprint density at radius 3 is 2.14 bits per heavy atom. The number of carbonyl (C=O) groups excluding carboxylic acids is 2. The molecule has 2 amide bonds. The first kappa shape index (κ1) is 18.9. The highest BCUT2D eigenvalue weighted by Crippen LogP contribution is 2.17. The number of hydrogen-bond donors (Lipinski definition) is 0. The first-order chi connectivity index (χ1) is 13.7. The van der Waals surface area contributed by atoms with E-state index in [0.29, 0.717) is 26.1 Å². The van der Waals surface area contributed by atoms with Crippen molar-refractivity contribution in [2.75, 3.05) is 45.8 Å². The molecule has 0 aliphatic carbocycles. The molecule has 4 rings (SSSR count). The molecule has 0 saturated carbocycles. The molecule has 28 heavy (non-hydrogen) atoms. The molecular weight excluding hydrogens is 350 g/mol. The number of fused-ring (bicyclic) bond motifs is 1. The maximum absolute atomic E-state index is 12.7. The van der Waals surface area contributed by atoms with Gasteiger partial charge >= 0.3 is 0 Å². The minimum absolute atomic E-state index is 0.178. The SMILES string of the molecule is O=C(Cc1ccc2ccccc2c1)N1CCN(CC(=O)N2CCCCC2)CC1. The van der Waals surface area contributed by atoms with Crippen molar-refractivity contribution >= 4 is 22.6 Å². The quantitative estimate of drug-likeness (QED) is 0.820. The van der Waals surface area contributed by atoms with Crippen molar-refractivity contribution < 1.29 is 9.59 Å². The maximum Gasteiger partial charge on any atom is 0.236 e. The summed E-state index contributed by atoms with van der Waals surface area (Å²) in [5.74, 6) is 0.424. The maximum atomic E-state index is 12.7. The molecule has 0 N–H and O–H groups in total.